The second-order valence-electron chi connectivity index (χ2n) is 7.39. The maximum absolute atomic E-state index is 13.5. The van der Waals surface area contributed by atoms with E-state index in [0.717, 1.165) is 22.4 Å². The van der Waals surface area contributed by atoms with Crippen LogP contribution in [0.4, 0.5) is 10.1 Å². The van der Waals surface area contributed by atoms with E-state index in [2.05, 4.69) is 15.4 Å². The zero-order chi connectivity index (χ0) is 22.1. The Kier molecular flexibility index (Phi) is 5.57. The normalized spacial score (nSPS) is 10.9. The molecule has 0 unspecified atom stereocenters. The number of anilines is 1. The van der Waals surface area contributed by atoms with E-state index in [1.807, 2.05) is 45.0 Å². The van der Waals surface area contributed by atoms with E-state index in [0.29, 0.717) is 22.1 Å². The van der Waals surface area contributed by atoms with Crippen molar-refractivity contribution in [2.24, 2.45) is 0 Å². The lowest BCUT2D eigenvalue weighted by atomic mass is 10.1. The van der Waals surface area contributed by atoms with Crippen LogP contribution in [0.25, 0.3) is 17.1 Å². The molecule has 0 saturated heterocycles. The number of carbonyl (C=O) groups is 1. The first-order valence-corrected chi connectivity index (χ1v) is 10.1. The average Bonchev–Trinajstić information content (AvgIpc) is 3.18. The van der Waals surface area contributed by atoms with Crippen molar-refractivity contribution in [1.82, 2.24) is 14.8 Å². The highest BCUT2D eigenvalue weighted by molar-refractivity contribution is 6.31. The summed E-state index contributed by atoms with van der Waals surface area (Å²) in [5, 5.41) is 7.82. The van der Waals surface area contributed by atoms with Crippen LogP contribution in [-0.4, -0.2) is 20.7 Å². The van der Waals surface area contributed by atoms with Gasteiger partial charge in [0.1, 0.15) is 5.82 Å². The van der Waals surface area contributed by atoms with Gasteiger partial charge in [-0.2, -0.15) is 0 Å². The SMILES string of the molecule is Cc1ccc(C)c(-n2nc(C(=O)Nc3ccc(C)c(Cl)c3)nc2-c2ccc(F)cc2)c1. The minimum Gasteiger partial charge on any atom is -0.319 e. The number of amides is 1. The first-order valence-electron chi connectivity index (χ1n) is 9.70. The third-order valence-electron chi connectivity index (χ3n) is 4.94. The molecule has 1 heterocycles. The van der Waals surface area contributed by atoms with Gasteiger partial charge >= 0.3 is 0 Å². The number of rotatable bonds is 4. The van der Waals surface area contributed by atoms with Crippen LogP contribution in [0, 0.1) is 26.6 Å². The van der Waals surface area contributed by atoms with E-state index in [4.69, 9.17) is 11.6 Å². The number of carbonyl (C=O) groups excluding carboxylic acids is 1. The molecule has 1 amide bonds. The Balaban J connectivity index is 1.78. The molecule has 5 nitrogen and oxygen atoms in total. The molecule has 0 saturated carbocycles. The van der Waals surface area contributed by atoms with Crippen molar-refractivity contribution in [2.45, 2.75) is 20.8 Å². The van der Waals surface area contributed by atoms with Gasteiger partial charge in [-0.1, -0.05) is 29.8 Å². The molecule has 0 spiro atoms. The molecule has 31 heavy (non-hydrogen) atoms. The van der Waals surface area contributed by atoms with Gasteiger partial charge in [-0.3, -0.25) is 4.79 Å². The molecular weight excluding hydrogens is 415 g/mol. The Labute approximate surface area is 184 Å². The highest BCUT2D eigenvalue weighted by Crippen LogP contribution is 2.25. The van der Waals surface area contributed by atoms with Crippen LogP contribution in [0.3, 0.4) is 0 Å². The molecular formula is C24H20ClFN4O. The summed E-state index contributed by atoms with van der Waals surface area (Å²) in [6, 6.07) is 17.2. The predicted molar refractivity (Wildman–Crippen MR) is 120 cm³/mol. The second-order valence-corrected chi connectivity index (χ2v) is 7.79. The number of hydrogen-bond donors (Lipinski definition) is 1. The molecule has 0 fully saturated rings. The second kappa shape index (κ2) is 8.32. The van der Waals surface area contributed by atoms with Crippen molar-refractivity contribution < 1.29 is 9.18 Å². The number of halogens is 2. The van der Waals surface area contributed by atoms with Gasteiger partial charge < -0.3 is 5.32 Å². The van der Waals surface area contributed by atoms with Gasteiger partial charge in [0.05, 0.1) is 5.69 Å². The average molecular weight is 435 g/mol. The van der Waals surface area contributed by atoms with Gasteiger partial charge in [-0.15, -0.1) is 5.10 Å². The van der Waals surface area contributed by atoms with Crippen molar-refractivity contribution in [3.63, 3.8) is 0 Å². The Morgan fingerprint density at radius 2 is 1.68 bits per heavy atom. The van der Waals surface area contributed by atoms with E-state index >= 15 is 0 Å². The van der Waals surface area contributed by atoms with Crippen molar-refractivity contribution in [1.29, 1.82) is 0 Å². The number of hydrogen-bond acceptors (Lipinski definition) is 3. The van der Waals surface area contributed by atoms with Crippen molar-refractivity contribution >= 4 is 23.2 Å². The fourth-order valence-corrected chi connectivity index (χ4v) is 3.35. The van der Waals surface area contributed by atoms with Crippen LogP contribution >= 0.6 is 11.6 Å². The summed E-state index contributed by atoms with van der Waals surface area (Å²) in [6.45, 7) is 5.82. The van der Waals surface area contributed by atoms with Crippen LogP contribution in [0.15, 0.2) is 60.7 Å². The van der Waals surface area contributed by atoms with Gasteiger partial charge in [-0.05, 0) is 79.9 Å². The highest BCUT2D eigenvalue weighted by Gasteiger charge is 2.20. The minimum atomic E-state index is -0.465. The summed E-state index contributed by atoms with van der Waals surface area (Å²) in [5.41, 5.74) is 4.91. The molecule has 4 rings (SSSR count). The third-order valence-corrected chi connectivity index (χ3v) is 5.34. The summed E-state index contributed by atoms with van der Waals surface area (Å²) in [4.78, 5) is 17.4. The van der Waals surface area contributed by atoms with Crippen molar-refractivity contribution in [3.05, 3.63) is 94.0 Å². The molecule has 3 aromatic carbocycles. The molecule has 1 aromatic heterocycles. The molecule has 0 aliphatic rings. The summed E-state index contributed by atoms with van der Waals surface area (Å²) >= 11 is 6.16. The largest absolute Gasteiger partial charge is 0.319 e. The molecule has 0 aliphatic heterocycles. The van der Waals surface area contributed by atoms with E-state index in [1.165, 1.54) is 12.1 Å². The van der Waals surface area contributed by atoms with Gasteiger partial charge in [0.25, 0.3) is 5.91 Å². The molecule has 4 aromatic rings. The highest BCUT2D eigenvalue weighted by atomic mass is 35.5. The number of nitrogens with one attached hydrogen (secondary N) is 1. The van der Waals surface area contributed by atoms with Crippen LogP contribution in [-0.2, 0) is 0 Å². The van der Waals surface area contributed by atoms with Gasteiger partial charge in [0, 0.05) is 16.3 Å². The lowest BCUT2D eigenvalue weighted by Gasteiger charge is -2.10. The summed E-state index contributed by atoms with van der Waals surface area (Å²) < 4.78 is 15.1. The molecule has 1 N–H and O–H groups in total. The monoisotopic (exact) mass is 434 g/mol. The zero-order valence-electron chi connectivity index (χ0n) is 17.3. The van der Waals surface area contributed by atoms with Crippen LogP contribution in [0.2, 0.25) is 5.02 Å². The van der Waals surface area contributed by atoms with Crippen molar-refractivity contribution in [2.75, 3.05) is 5.32 Å². The molecule has 156 valence electrons. The zero-order valence-corrected chi connectivity index (χ0v) is 18.0. The predicted octanol–water partition coefficient (Wildman–Crippen LogP) is 5.90. The van der Waals surface area contributed by atoms with Crippen LogP contribution in [0.5, 0.6) is 0 Å². The number of benzene rings is 3. The number of aromatic nitrogens is 3. The third kappa shape index (κ3) is 4.34. The molecule has 0 aliphatic carbocycles. The van der Waals surface area contributed by atoms with Gasteiger partial charge in [0.15, 0.2) is 5.82 Å². The molecule has 0 atom stereocenters. The summed E-state index contributed by atoms with van der Waals surface area (Å²) in [5.74, 6) is -0.374. The Bertz CT molecular complexity index is 1280. The smallest absolute Gasteiger partial charge is 0.295 e. The van der Waals surface area contributed by atoms with Crippen LogP contribution < -0.4 is 5.32 Å². The van der Waals surface area contributed by atoms with E-state index in [-0.39, 0.29) is 11.6 Å². The summed E-state index contributed by atoms with van der Waals surface area (Å²) in [7, 11) is 0. The molecule has 0 bridgehead atoms. The lowest BCUT2D eigenvalue weighted by Crippen LogP contribution is -2.14. The lowest BCUT2D eigenvalue weighted by molar-refractivity contribution is 0.101. The maximum atomic E-state index is 13.5. The molecule has 0 radical (unpaired) electrons. The van der Waals surface area contributed by atoms with Gasteiger partial charge in [-0.25, -0.2) is 14.1 Å². The Morgan fingerprint density at radius 1 is 0.968 bits per heavy atom. The summed E-state index contributed by atoms with van der Waals surface area (Å²) in [6.07, 6.45) is 0. The van der Waals surface area contributed by atoms with E-state index < -0.39 is 5.91 Å². The topological polar surface area (TPSA) is 59.8 Å². The Hall–Kier alpha value is -3.51. The van der Waals surface area contributed by atoms with E-state index in [1.54, 1.807) is 28.9 Å². The van der Waals surface area contributed by atoms with Crippen molar-refractivity contribution in [3.8, 4) is 17.1 Å². The van der Waals surface area contributed by atoms with Gasteiger partial charge in [0.2, 0.25) is 5.82 Å². The number of aryl methyl sites for hydroxylation is 3. The molecule has 7 heteroatoms. The minimum absolute atomic E-state index is 0.00284. The first kappa shape index (κ1) is 20.8. The fraction of sp³-hybridized carbons (Fsp3) is 0.125. The number of nitrogens with zero attached hydrogens (tertiary/aromatic N) is 3. The first-order chi connectivity index (χ1) is 14.8. The van der Waals surface area contributed by atoms with Crippen LogP contribution in [0.1, 0.15) is 27.3 Å². The quantitative estimate of drug-likeness (QED) is 0.434. The fourth-order valence-electron chi connectivity index (χ4n) is 3.17. The van der Waals surface area contributed by atoms with E-state index in [9.17, 15) is 9.18 Å². The standard InChI is InChI=1S/C24H20ClFN4O/c1-14-4-5-16(3)21(12-14)30-23(17-7-9-18(26)10-8-17)28-22(29-30)24(31)27-19-11-6-15(2)20(25)13-19/h4-13H,1-3H3,(H,27,31). The maximum Gasteiger partial charge on any atom is 0.295 e. The Morgan fingerprint density at radius 3 is 2.39 bits per heavy atom.